The van der Waals surface area contributed by atoms with Crippen molar-refractivity contribution < 1.29 is 0 Å². The van der Waals surface area contributed by atoms with Gasteiger partial charge in [0.25, 0.3) is 0 Å². The van der Waals surface area contributed by atoms with Crippen LogP contribution in [0.1, 0.15) is 6.92 Å². The molecular formula is C8H12N4. The molecule has 0 aromatic carbocycles. The molecule has 1 aromatic heterocycles. The minimum Gasteiger partial charge on any atom is -0.300 e. The van der Waals surface area contributed by atoms with E-state index in [2.05, 4.69) is 16.5 Å². The fraction of sp³-hybridized carbons (Fsp3) is 0.500. The molecule has 12 heavy (non-hydrogen) atoms. The highest BCUT2D eigenvalue weighted by Gasteiger charge is 1.96. The van der Waals surface area contributed by atoms with Crippen LogP contribution >= 0.6 is 0 Å². The van der Waals surface area contributed by atoms with E-state index < -0.39 is 0 Å². The number of nitrogens with one attached hydrogen (secondary N) is 1. The van der Waals surface area contributed by atoms with Crippen LogP contribution in [0, 0.1) is 11.3 Å². The van der Waals surface area contributed by atoms with E-state index in [4.69, 9.17) is 5.26 Å². The van der Waals surface area contributed by atoms with Gasteiger partial charge in [-0.2, -0.15) is 10.4 Å². The summed E-state index contributed by atoms with van der Waals surface area (Å²) in [5.41, 5.74) is 0. The number of nitriles is 1. The van der Waals surface area contributed by atoms with Gasteiger partial charge in [0.2, 0.25) is 0 Å². The van der Waals surface area contributed by atoms with Crippen LogP contribution in [0.15, 0.2) is 18.5 Å². The summed E-state index contributed by atoms with van der Waals surface area (Å²) in [5, 5.41) is 15.5. The molecule has 0 aliphatic rings. The van der Waals surface area contributed by atoms with Gasteiger partial charge in [0.15, 0.2) is 0 Å². The Bertz CT molecular complexity index is 247. The summed E-state index contributed by atoms with van der Waals surface area (Å²) in [6, 6.07) is 3.90. The van der Waals surface area contributed by atoms with E-state index in [9.17, 15) is 0 Å². The van der Waals surface area contributed by atoms with Gasteiger partial charge in [-0.3, -0.25) is 4.68 Å². The first kappa shape index (κ1) is 8.75. The van der Waals surface area contributed by atoms with Gasteiger partial charge in [-0.1, -0.05) is 0 Å². The monoisotopic (exact) mass is 164 g/mol. The first-order chi connectivity index (χ1) is 5.83. The smallest absolute Gasteiger partial charge is 0.0925 e. The Morgan fingerprint density at radius 3 is 3.17 bits per heavy atom. The number of hydrogen-bond acceptors (Lipinski definition) is 3. The Hall–Kier alpha value is -1.34. The van der Waals surface area contributed by atoms with E-state index >= 15 is 0 Å². The minimum absolute atomic E-state index is 0.0828. The number of aromatic nitrogens is 2. The number of hydrogen-bond donors (Lipinski definition) is 1. The Kier molecular flexibility index (Phi) is 3.30. The second-order valence-corrected chi connectivity index (χ2v) is 2.57. The lowest BCUT2D eigenvalue weighted by molar-refractivity contribution is 0.538. The highest BCUT2D eigenvalue weighted by molar-refractivity contribution is 4.85. The van der Waals surface area contributed by atoms with E-state index in [0.29, 0.717) is 0 Å². The lowest BCUT2D eigenvalue weighted by atomic mass is 10.4. The zero-order valence-corrected chi connectivity index (χ0v) is 7.07. The van der Waals surface area contributed by atoms with Crippen molar-refractivity contribution in [3.05, 3.63) is 18.5 Å². The third-order valence-electron chi connectivity index (χ3n) is 1.54. The first-order valence-electron chi connectivity index (χ1n) is 3.93. The summed E-state index contributed by atoms with van der Waals surface area (Å²) in [4.78, 5) is 0. The molecule has 1 atom stereocenters. The van der Waals surface area contributed by atoms with Crippen LogP contribution in [0.4, 0.5) is 0 Å². The quantitative estimate of drug-likeness (QED) is 0.700. The van der Waals surface area contributed by atoms with Crippen molar-refractivity contribution in [2.24, 2.45) is 0 Å². The van der Waals surface area contributed by atoms with Crippen LogP contribution in [-0.2, 0) is 6.54 Å². The zero-order chi connectivity index (χ0) is 8.81. The second kappa shape index (κ2) is 4.52. The van der Waals surface area contributed by atoms with Crippen LogP contribution in [0.5, 0.6) is 0 Å². The Balaban J connectivity index is 2.16. The van der Waals surface area contributed by atoms with Crippen molar-refractivity contribution in [1.82, 2.24) is 15.1 Å². The first-order valence-corrected chi connectivity index (χ1v) is 3.93. The van der Waals surface area contributed by atoms with Crippen molar-refractivity contribution in [2.75, 3.05) is 6.54 Å². The average molecular weight is 164 g/mol. The maximum absolute atomic E-state index is 8.46. The van der Waals surface area contributed by atoms with Crippen LogP contribution < -0.4 is 5.32 Å². The van der Waals surface area contributed by atoms with Gasteiger partial charge >= 0.3 is 0 Å². The van der Waals surface area contributed by atoms with E-state index in [1.807, 2.05) is 23.9 Å². The highest BCUT2D eigenvalue weighted by Crippen LogP contribution is 1.83. The normalized spacial score (nSPS) is 12.3. The molecule has 1 N–H and O–H groups in total. The summed E-state index contributed by atoms with van der Waals surface area (Å²) < 4.78 is 1.83. The molecule has 4 nitrogen and oxygen atoms in total. The molecule has 0 radical (unpaired) electrons. The maximum atomic E-state index is 8.46. The fourth-order valence-corrected chi connectivity index (χ4v) is 0.874. The lowest BCUT2D eigenvalue weighted by Crippen LogP contribution is -2.28. The third kappa shape index (κ3) is 2.72. The van der Waals surface area contributed by atoms with Crippen molar-refractivity contribution in [2.45, 2.75) is 19.5 Å². The van der Waals surface area contributed by atoms with E-state index in [0.717, 1.165) is 13.1 Å². The van der Waals surface area contributed by atoms with Gasteiger partial charge in [0, 0.05) is 18.9 Å². The summed E-state index contributed by atoms with van der Waals surface area (Å²) in [7, 11) is 0. The second-order valence-electron chi connectivity index (χ2n) is 2.57. The minimum atomic E-state index is -0.0828. The molecule has 0 bridgehead atoms. The van der Waals surface area contributed by atoms with Gasteiger partial charge in [0.1, 0.15) is 0 Å². The van der Waals surface area contributed by atoms with E-state index in [1.165, 1.54) is 0 Å². The van der Waals surface area contributed by atoms with Gasteiger partial charge in [-0.25, -0.2) is 0 Å². The average Bonchev–Trinajstić information content (AvgIpc) is 2.57. The van der Waals surface area contributed by atoms with Crippen molar-refractivity contribution in [1.29, 1.82) is 5.26 Å². The standard InChI is InChI=1S/C8H12N4/c1-8(7-9)10-4-6-12-5-2-3-11-12/h2-3,5,8,10H,4,6H2,1H3. The molecule has 0 fully saturated rings. The number of rotatable bonds is 4. The van der Waals surface area contributed by atoms with Crippen LogP contribution in [0.3, 0.4) is 0 Å². The molecule has 1 rings (SSSR count). The summed E-state index contributed by atoms with van der Waals surface area (Å²) in [6.45, 7) is 3.42. The summed E-state index contributed by atoms with van der Waals surface area (Å²) >= 11 is 0. The molecule has 0 amide bonds. The van der Waals surface area contributed by atoms with E-state index in [-0.39, 0.29) is 6.04 Å². The van der Waals surface area contributed by atoms with Crippen LogP contribution in [0.2, 0.25) is 0 Å². The Morgan fingerprint density at radius 2 is 2.58 bits per heavy atom. The van der Waals surface area contributed by atoms with Crippen LogP contribution in [0.25, 0.3) is 0 Å². The Morgan fingerprint density at radius 1 is 1.75 bits per heavy atom. The van der Waals surface area contributed by atoms with Gasteiger partial charge in [-0.15, -0.1) is 0 Å². The zero-order valence-electron chi connectivity index (χ0n) is 7.07. The van der Waals surface area contributed by atoms with Crippen molar-refractivity contribution in [3.8, 4) is 6.07 Å². The molecule has 0 aliphatic heterocycles. The molecule has 1 aromatic rings. The molecule has 0 saturated heterocycles. The molecule has 64 valence electrons. The highest BCUT2D eigenvalue weighted by atomic mass is 15.3. The fourth-order valence-electron chi connectivity index (χ4n) is 0.874. The third-order valence-corrected chi connectivity index (χ3v) is 1.54. The topological polar surface area (TPSA) is 53.6 Å². The predicted molar refractivity (Wildman–Crippen MR) is 45.3 cm³/mol. The molecule has 0 saturated carbocycles. The SMILES string of the molecule is CC(C#N)NCCn1cccn1. The molecule has 0 aliphatic carbocycles. The predicted octanol–water partition coefficient (Wildman–Crippen LogP) is 0.385. The van der Waals surface area contributed by atoms with E-state index in [1.54, 1.807) is 6.20 Å². The molecule has 1 unspecified atom stereocenters. The van der Waals surface area contributed by atoms with Crippen molar-refractivity contribution >= 4 is 0 Å². The Labute approximate surface area is 71.8 Å². The largest absolute Gasteiger partial charge is 0.300 e. The summed E-state index contributed by atoms with van der Waals surface area (Å²) in [5.74, 6) is 0. The number of nitrogens with zero attached hydrogens (tertiary/aromatic N) is 3. The lowest BCUT2D eigenvalue weighted by Gasteiger charge is -2.05. The van der Waals surface area contributed by atoms with Gasteiger partial charge < -0.3 is 5.32 Å². The molecule has 4 heteroatoms. The molecule has 1 heterocycles. The van der Waals surface area contributed by atoms with Gasteiger partial charge in [0.05, 0.1) is 18.7 Å². The summed E-state index contributed by atoms with van der Waals surface area (Å²) in [6.07, 6.45) is 3.65. The van der Waals surface area contributed by atoms with Crippen LogP contribution in [-0.4, -0.2) is 22.4 Å². The molecule has 0 spiro atoms. The van der Waals surface area contributed by atoms with Gasteiger partial charge in [-0.05, 0) is 13.0 Å². The van der Waals surface area contributed by atoms with Crippen molar-refractivity contribution in [3.63, 3.8) is 0 Å². The maximum Gasteiger partial charge on any atom is 0.0925 e. The molecular weight excluding hydrogens is 152 g/mol.